The highest BCUT2D eigenvalue weighted by atomic mass is 16.5. The zero-order valence-corrected chi connectivity index (χ0v) is 11.9. The average molecular weight is 276 g/mol. The van der Waals surface area contributed by atoms with Crippen LogP contribution in [0.4, 0.5) is 0 Å². The molecular weight excluding hydrogens is 252 g/mol. The van der Waals surface area contributed by atoms with Gasteiger partial charge < -0.3 is 15.4 Å². The highest BCUT2D eigenvalue weighted by molar-refractivity contribution is 5.78. The van der Waals surface area contributed by atoms with Crippen molar-refractivity contribution < 1.29 is 9.53 Å². The molecule has 1 aliphatic rings. The molecule has 1 heterocycles. The molecule has 1 amide bonds. The molecule has 0 unspecified atom stereocenters. The van der Waals surface area contributed by atoms with Crippen molar-refractivity contribution in [1.29, 1.82) is 0 Å². The van der Waals surface area contributed by atoms with Gasteiger partial charge in [0, 0.05) is 19.1 Å². The number of nitrogens with one attached hydrogen (secondary N) is 2. The zero-order valence-electron chi connectivity index (χ0n) is 11.9. The van der Waals surface area contributed by atoms with Crippen LogP contribution in [0.1, 0.15) is 24.8 Å². The summed E-state index contributed by atoms with van der Waals surface area (Å²) in [5.74, 6) is 0.399. The van der Waals surface area contributed by atoms with E-state index in [9.17, 15) is 4.79 Å². The number of benzene rings is 1. The molecule has 0 spiro atoms. The lowest BCUT2D eigenvalue weighted by Crippen LogP contribution is -2.38. The van der Waals surface area contributed by atoms with Crippen LogP contribution in [0.5, 0.6) is 0 Å². The van der Waals surface area contributed by atoms with Crippen molar-refractivity contribution in [2.75, 3.05) is 26.2 Å². The monoisotopic (exact) mass is 276 g/mol. The molecule has 1 aromatic rings. The Morgan fingerprint density at radius 2 is 2.00 bits per heavy atom. The summed E-state index contributed by atoms with van der Waals surface area (Å²) in [7, 11) is 0. The Balaban J connectivity index is 1.50. The molecule has 4 heteroatoms. The zero-order chi connectivity index (χ0) is 14.0. The lowest BCUT2D eigenvalue weighted by molar-refractivity contribution is -0.125. The molecule has 4 nitrogen and oxygen atoms in total. The molecule has 2 N–H and O–H groups in total. The van der Waals surface area contributed by atoms with Gasteiger partial charge in [-0.3, -0.25) is 4.79 Å². The second kappa shape index (κ2) is 8.72. The van der Waals surface area contributed by atoms with Gasteiger partial charge in [0.25, 0.3) is 0 Å². The second-order valence-electron chi connectivity index (χ2n) is 5.21. The molecule has 110 valence electrons. The predicted molar refractivity (Wildman–Crippen MR) is 79.3 cm³/mol. The SMILES string of the molecule is O=C(NCCCOCc1ccccc1)C1CCNCC1. The lowest BCUT2D eigenvalue weighted by Gasteiger charge is -2.21. The first-order chi connectivity index (χ1) is 9.86. The third-order valence-electron chi connectivity index (χ3n) is 3.59. The molecule has 1 saturated heterocycles. The van der Waals surface area contributed by atoms with Crippen molar-refractivity contribution in [1.82, 2.24) is 10.6 Å². The molecule has 0 aliphatic carbocycles. The summed E-state index contributed by atoms with van der Waals surface area (Å²) in [6.07, 6.45) is 2.77. The van der Waals surface area contributed by atoms with Crippen molar-refractivity contribution in [2.45, 2.75) is 25.9 Å². The third kappa shape index (κ3) is 5.31. The van der Waals surface area contributed by atoms with Crippen LogP contribution >= 0.6 is 0 Å². The maximum Gasteiger partial charge on any atom is 0.223 e. The first-order valence-corrected chi connectivity index (χ1v) is 7.46. The lowest BCUT2D eigenvalue weighted by atomic mass is 9.97. The van der Waals surface area contributed by atoms with E-state index in [2.05, 4.69) is 22.8 Å². The average Bonchev–Trinajstić information content (AvgIpc) is 2.52. The van der Waals surface area contributed by atoms with Crippen molar-refractivity contribution >= 4 is 5.91 Å². The van der Waals surface area contributed by atoms with E-state index in [1.54, 1.807) is 0 Å². The number of rotatable bonds is 7. The van der Waals surface area contributed by atoms with Gasteiger partial charge in [0.2, 0.25) is 5.91 Å². The third-order valence-corrected chi connectivity index (χ3v) is 3.59. The smallest absolute Gasteiger partial charge is 0.223 e. The topological polar surface area (TPSA) is 50.4 Å². The fraction of sp³-hybridized carbons (Fsp3) is 0.562. The van der Waals surface area contributed by atoms with Crippen LogP contribution in [0.25, 0.3) is 0 Å². The highest BCUT2D eigenvalue weighted by Crippen LogP contribution is 2.11. The maximum absolute atomic E-state index is 11.9. The van der Waals surface area contributed by atoms with E-state index in [1.807, 2.05) is 18.2 Å². The normalized spacial score (nSPS) is 16.0. The van der Waals surface area contributed by atoms with Crippen LogP contribution in [-0.2, 0) is 16.1 Å². The Morgan fingerprint density at radius 1 is 1.25 bits per heavy atom. The number of carbonyl (C=O) groups is 1. The largest absolute Gasteiger partial charge is 0.377 e. The van der Waals surface area contributed by atoms with E-state index in [4.69, 9.17) is 4.74 Å². The first kappa shape index (κ1) is 15.0. The van der Waals surface area contributed by atoms with Gasteiger partial charge in [-0.15, -0.1) is 0 Å². The Bertz CT molecular complexity index is 389. The Morgan fingerprint density at radius 3 is 2.75 bits per heavy atom. The molecule has 0 radical (unpaired) electrons. The predicted octanol–water partition coefficient (Wildman–Crippen LogP) is 1.71. The fourth-order valence-corrected chi connectivity index (χ4v) is 2.38. The van der Waals surface area contributed by atoms with Gasteiger partial charge in [-0.05, 0) is 37.9 Å². The van der Waals surface area contributed by atoms with Gasteiger partial charge in [0.15, 0.2) is 0 Å². The summed E-state index contributed by atoms with van der Waals surface area (Å²) in [5.41, 5.74) is 1.19. The number of hydrogen-bond acceptors (Lipinski definition) is 3. The standard InChI is InChI=1S/C16H24N2O2/c19-16(15-7-10-17-11-8-15)18-9-4-12-20-13-14-5-2-1-3-6-14/h1-3,5-6,15,17H,4,7-13H2,(H,18,19). The quantitative estimate of drug-likeness (QED) is 0.745. The molecule has 1 fully saturated rings. The summed E-state index contributed by atoms with van der Waals surface area (Å²) in [4.78, 5) is 11.9. The second-order valence-corrected chi connectivity index (χ2v) is 5.21. The minimum Gasteiger partial charge on any atom is -0.377 e. The van der Waals surface area contributed by atoms with E-state index < -0.39 is 0 Å². The molecular formula is C16H24N2O2. The molecule has 0 bridgehead atoms. The maximum atomic E-state index is 11.9. The summed E-state index contributed by atoms with van der Waals surface area (Å²) < 4.78 is 5.59. The summed E-state index contributed by atoms with van der Waals surface area (Å²) >= 11 is 0. The molecule has 0 atom stereocenters. The number of amides is 1. The van der Waals surface area contributed by atoms with Gasteiger partial charge in [-0.1, -0.05) is 30.3 Å². The van der Waals surface area contributed by atoms with Gasteiger partial charge in [0.05, 0.1) is 6.61 Å². The Labute approximate surface area is 120 Å². The summed E-state index contributed by atoms with van der Waals surface area (Å²) in [5, 5.41) is 6.27. The molecule has 1 aromatic carbocycles. The minimum absolute atomic E-state index is 0.196. The number of hydrogen-bond donors (Lipinski definition) is 2. The van der Waals surface area contributed by atoms with Gasteiger partial charge in [-0.25, -0.2) is 0 Å². The molecule has 0 aromatic heterocycles. The molecule has 20 heavy (non-hydrogen) atoms. The van der Waals surface area contributed by atoms with Crippen LogP contribution in [0, 0.1) is 5.92 Å². The van der Waals surface area contributed by atoms with Gasteiger partial charge in [-0.2, -0.15) is 0 Å². The van der Waals surface area contributed by atoms with E-state index in [-0.39, 0.29) is 11.8 Å². The van der Waals surface area contributed by atoms with Gasteiger partial charge >= 0.3 is 0 Å². The van der Waals surface area contributed by atoms with E-state index >= 15 is 0 Å². The van der Waals surface area contributed by atoms with Crippen molar-refractivity contribution in [2.24, 2.45) is 5.92 Å². The van der Waals surface area contributed by atoms with Crippen molar-refractivity contribution in [3.63, 3.8) is 0 Å². The first-order valence-electron chi connectivity index (χ1n) is 7.46. The van der Waals surface area contributed by atoms with E-state index in [0.717, 1.165) is 32.4 Å². The summed E-state index contributed by atoms with van der Waals surface area (Å²) in [6, 6.07) is 10.1. The molecule has 1 aliphatic heterocycles. The number of piperidine rings is 1. The van der Waals surface area contributed by atoms with Crippen LogP contribution in [-0.4, -0.2) is 32.1 Å². The highest BCUT2D eigenvalue weighted by Gasteiger charge is 2.19. The number of ether oxygens (including phenoxy) is 1. The molecule has 0 saturated carbocycles. The van der Waals surface area contributed by atoms with Crippen LogP contribution in [0.2, 0.25) is 0 Å². The molecule has 2 rings (SSSR count). The fourth-order valence-electron chi connectivity index (χ4n) is 2.38. The van der Waals surface area contributed by atoms with E-state index in [0.29, 0.717) is 19.8 Å². The number of carbonyl (C=O) groups excluding carboxylic acids is 1. The van der Waals surface area contributed by atoms with E-state index in [1.165, 1.54) is 5.56 Å². The summed E-state index contributed by atoms with van der Waals surface area (Å²) in [6.45, 7) is 3.94. The van der Waals surface area contributed by atoms with Crippen molar-refractivity contribution in [3.8, 4) is 0 Å². The van der Waals surface area contributed by atoms with Crippen LogP contribution < -0.4 is 10.6 Å². The minimum atomic E-state index is 0.196. The Kier molecular flexibility index (Phi) is 6.54. The Hall–Kier alpha value is -1.39. The van der Waals surface area contributed by atoms with Crippen molar-refractivity contribution in [3.05, 3.63) is 35.9 Å². The van der Waals surface area contributed by atoms with Crippen LogP contribution in [0.3, 0.4) is 0 Å². The van der Waals surface area contributed by atoms with Gasteiger partial charge in [0.1, 0.15) is 0 Å². The van der Waals surface area contributed by atoms with Crippen LogP contribution in [0.15, 0.2) is 30.3 Å².